The van der Waals surface area contributed by atoms with Crippen LogP contribution in [0.5, 0.6) is 0 Å². The molecule has 1 fully saturated rings. The Morgan fingerprint density at radius 3 is 2.79 bits per heavy atom. The van der Waals surface area contributed by atoms with Gasteiger partial charge in [-0.25, -0.2) is 4.79 Å². The number of anilines is 1. The fourth-order valence-corrected chi connectivity index (χ4v) is 3.00. The Kier molecular flexibility index (Phi) is 6.20. The van der Waals surface area contributed by atoms with E-state index in [4.69, 9.17) is 16.7 Å². The largest absolute Gasteiger partial charge is 0.478 e. The second-order valence-corrected chi connectivity index (χ2v) is 6.33. The van der Waals surface area contributed by atoms with E-state index in [2.05, 4.69) is 5.32 Å². The van der Waals surface area contributed by atoms with Crippen LogP contribution < -0.4 is 5.32 Å². The predicted octanol–water partition coefficient (Wildman–Crippen LogP) is 3.02. The molecule has 1 aromatic rings. The van der Waals surface area contributed by atoms with Crippen LogP contribution in [0.2, 0.25) is 5.02 Å². The van der Waals surface area contributed by atoms with E-state index in [1.807, 2.05) is 6.92 Å². The molecule has 0 saturated carbocycles. The number of carboxylic acids is 1. The number of hydrogen-bond acceptors (Lipinski definition) is 3. The summed E-state index contributed by atoms with van der Waals surface area (Å²) in [5.74, 6) is -1.56. The zero-order valence-corrected chi connectivity index (χ0v) is 14.3. The van der Waals surface area contributed by atoms with Gasteiger partial charge in [0.05, 0.1) is 16.5 Å². The Morgan fingerprint density at radius 1 is 1.38 bits per heavy atom. The summed E-state index contributed by atoms with van der Waals surface area (Å²) in [6.07, 6.45) is 2.78. The molecule has 0 aliphatic carbocycles. The summed E-state index contributed by atoms with van der Waals surface area (Å²) >= 11 is 5.82. The molecular weight excluding hydrogens is 332 g/mol. The molecule has 130 valence electrons. The molecule has 6 nitrogen and oxygen atoms in total. The van der Waals surface area contributed by atoms with Crippen molar-refractivity contribution < 1.29 is 19.5 Å². The van der Waals surface area contributed by atoms with Gasteiger partial charge in [-0.1, -0.05) is 18.5 Å². The Morgan fingerprint density at radius 2 is 2.12 bits per heavy atom. The lowest BCUT2D eigenvalue weighted by Crippen LogP contribution is -2.43. The number of nitrogens with one attached hydrogen (secondary N) is 1. The van der Waals surface area contributed by atoms with Crippen molar-refractivity contribution in [3.05, 3.63) is 28.8 Å². The molecule has 1 unspecified atom stereocenters. The van der Waals surface area contributed by atoms with Gasteiger partial charge in [0.2, 0.25) is 11.8 Å². The van der Waals surface area contributed by atoms with Crippen LogP contribution in [-0.4, -0.2) is 40.9 Å². The lowest BCUT2D eigenvalue weighted by atomic mass is 9.96. The predicted molar refractivity (Wildman–Crippen MR) is 91.3 cm³/mol. The SMILES string of the molecule is CCCC(=O)N1CCCC(C(=O)Nc2ccc(Cl)c(C(=O)O)c2)C1. The normalized spacial score (nSPS) is 17.4. The van der Waals surface area contributed by atoms with Crippen LogP contribution in [0, 0.1) is 5.92 Å². The zero-order chi connectivity index (χ0) is 17.7. The topological polar surface area (TPSA) is 86.7 Å². The van der Waals surface area contributed by atoms with Gasteiger partial charge in [0.15, 0.2) is 0 Å². The molecule has 0 spiro atoms. The number of piperidine rings is 1. The van der Waals surface area contributed by atoms with Gasteiger partial charge >= 0.3 is 5.97 Å². The first-order valence-electron chi connectivity index (χ1n) is 8.03. The third-order valence-corrected chi connectivity index (χ3v) is 4.40. The highest BCUT2D eigenvalue weighted by molar-refractivity contribution is 6.33. The van der Waals surface area contributed by atoms with Crippen molar-refractivity contribution in [1.82, 2.24) is 4.90 Å². The van der Waals surface area contributed by atoms with E-state index in [-0.39, 0.29) is 28.3 Å². The Balaban J connectivity index is 2.03. The number of hydrogen-bond donors (Lipinski definition) is 2. The molecule has 24 heavy (non-hydrogen) atoms. The molecule has 2 amide bonds. The molecule has 2 rings (SSSR count). The number of benzene rings is 1. The van der Waals surface area contributed by atoms with E-state index in [0.717, 1.165) is 12.8 Å². The van der Waals surface area contributed by atoms with Gasteiger partial charge in [0.25, 0.3) is 0 Å². The first kappa shape index (κ1) is 18.3. The van der Waals surface area contributed by atoms with Gasteiger partial charge in [-0.15, -0.1) is 0 Å². The van der Waals surface area contributed by atoms with Crippen LogP contribution >= 0.6 is 11.6 Å². The number of carbonyl (C=O) groups excluding carboxylic acids is 2. The standard InChI is InChI=1S/C17H21ClN2O4/c1-2-4-15(21)20-8-3-5-11(10-20)16(22)19-12-6-7-14(18)13(9-12)17(23)24/h6-7,9,11H,2-5,8,10H2,1H3,(H,19,22)(H,23,24). The van der Waals surface area contributed by atoms with E-state index in [1.54, 1.807) is 11.0 Å². The second kappa shape index (κ2) is 8.15. The number of likely N-dealkylation sites (tertiary alicyclic amines) is 1. The van der Waals surface area contributed by atoms with Crippen LogP contribution in [0.1, 0.15) is 43.0 Å². The maximum Gasteiger partial charge on any atom is 0.337 e. The second-order valence-electron chi connectivity index (χ2n) is 5.92. The first-order chi connectivity index (χ1) is 11.4. The average Bonchev–Trinajstić information content (AvgIpc) is 2.56. The highest BCUT2D eigenvalue weighted by Gasteiger charge is 2.28. The van der Waals surface area contributed by atoms with E-state index in [9.17, 15) is 14.4 Å². The van der Waals surface area contributed by atoms with Crippen LogP contribution in [-0.2, 0) is 9.59 Å². The molecule has 0 bridgehead atoms. The summed E-state index contributed by atoms with van der Waals surface area (Å²) in [5.41, 5.74) is 0.330. The van der Waals surface area contributed by atoms with Crippen molar-refractivity contribution in [2.24, 2.45) is 5.92 Å². The van der Waals surface area contributed by atoms with Crippen molar-refractivity contribution in [3.63, 3.8) is 0 Å². The number of carbonyl (C=O) groups is 3. The van der Waals surface area contributed by atoms with E-state index >= 15 is 0 Å². The molecule has 1 aliphatic heterocycles. The number of amides is 2. The minimum Gasteiger partial charge on any atom is -0.478 e. The average molecular weight is 353 g/mol. The molecule has 0 aromatic heterocycles. The van der Waals surface area contributed by atoms with Gasteiger partial charge < -0.3 is 15.3 Å². The van der Waals surface area contributed by atoms with Gasteiger partial charge in [0, 0.05) is 25.2 Å². The molecule has 1 atom stereocenters. The molecule has 1 heterocycles. The van der Waals surface area contributed by atoms with Crippen molar-refractivity contribution in [2.75, 3.05) is 18.4 Å². The van der Waals surface area contributed by atoms with Crippen LogP contribution in [0.25, 0.3) is 0 Å². The van der Waals surface area contributed by atoms with Gasteiger partial charge in [-0.05, 0) is 37.5 Å². The number of nitrogens with zero attached hydrogens (tertiary/aromatic N) is 1. The lowest BCUT2D eigenvalue weighted by molar-refractivity contribution is -0.134. The molecule has 1 aliphatic rings. The Hall–Kier alpha value is -2.08. The summed E-state index contributed by atoms with van der Waals surface area (Å²) in [6, 6.07) is 4.35. The quantitative estimate of drug-likeness (QED) is 0.852. The third-order valence-electron chi connectivity index (χ3n) is 4.07. The van der Waals surface area contributed by atoms with E-state index < -0.39 is 5.97 Å². The number of rotatable bonds is 5. The minimum absolute atomic E-state index is 0.0575. The lowest BCUT2D eigenvalue weighted by Gasteiger charge is -2.32. The van der Waals surface area contributed by atoms with Crippen molar-refractivity contribution in [1.29, 1.82) is 0 Å². The van der Waals surface area contributed by atoms with Crippen molar-refractivity contribution >= 4 is 35.1 Å². The number of aromatic carboxylic acids is 1. The summed E-state index contributed by atoms with van der Waals surface area (Å²) in [6.45, 7) is 3.05. The third kappa shape index (κ3) is 4.47. The molecule has 1 saturated heterocycles. The molecule has 2 N–H and O–H groups in total. The zero-order valence-electron chi connectivity index (χ0n) is 13.5. The fourth-order valence-electron chi connectivity index (χ4n) is 2.80. The van der Waals surface area contributed by atoms with Gasteiger partial charge in [-0.2, -0.15) is 0 Å². The molecular formula is C17H21ClN2O4. The Bertz CT molecular complexity index is 647. The first-order valence-corrected chi connectivity index (χ1v) is 8.41. The summed E-state index contributed by atoms with van der Waals surface area (Å²) in [7, 11) is 0. The van der Waals surface area contributed by atoms with Crippen molar-refractivity contribution in [2.45, 2.75) is 32.6 Å². The fraction of sp³-hybridized carbons (Fsp3) is 0.471. The van der Waals surface area contributed by atoms with Crippen molar-refractivity contribution in [3.8, 4) is 0 Å². The molecule has 0 radical (unpaired) electrons. The monoisotopic (exact) mass is 352 g/mol. The molecule has 1 aromatic carbocycles. The van der Waals surface area contributed by atoms with E-state index in [1.165, 1.54) is 12.1 Å². The summed E-state index contributed by atoms with van der Waals surface area (Å²) in [4.78, 5) is 37.3. The maximum absolute atomic E-state index is 12.4. The van der Waals surface area contributed by atoms with Crippen LogP contribution in [0.15, 0.2) is 18.2 Å². The maximum atomic E-state index is 12.4. The van der Waals surface area contributed by atoms with Crippen LogP contribution in [0.3, 0.4) is 0 Å². The Labute approximate surface area is 145 Å². The molecule has 7 heteroatoms. The van der Waals surface area contributed by atoms with Crippen LogP contribution in [0.4, 0.5) is 5.69 Å². The van der Waals surface area contributed by atoms with Gasteiger partial charge in [-0.3, -0.25) is 9.59 Å². The summed E-state index contributed by atoms with van der Waals surface area (Å²) < 4.78 is 0. The number of halogens is 1. The summed E-state index contributed by atoms with van der Waals surface area (Å²) in [5, 5.41) is 11.9. The highest BCUT2D eigenvalue weighted by Crippen LogP contribution is 2.23. The van der Waals surface area contributed by atoms with E-state index in [0.29, 0.717) is 31.6 Å². The number of carboxylic acid groups (broad SMARTS) is 1. The minimum atomic E-state index is -1.15. The van der Waals surface area contributed by atoms with Gasteiger partial charge in [0.1, 0.15) is 0 Å². The smallest absolute Gasteiger partial charge is 0.337 e. The highest BCUT2D eigenvalue weighted by atomic mass is 35.5.